The highest BCUT2D eigenvalue weighted by molar-refractivity contribution is 5.96. The number of amides is 1. The summed E-state index contributed by atoms with van der Waals surface area (Å²) >= 11 is 0. The number of halogens is 1. The van der Waals surface area contributed by atoms with Gasteiger partial charge in [0, 0.05) is 18.7 Å². The minimum absolute atomic E-state index is 0.151. The van der Waals surface area contributed by atoms with Gasteiger partial charge in [-0.2, -0.15) is 0 Å². The van der Waals surface area contributed by atoms with E-state index in [0.717, 1.165) is 5.56 Å². The van der Waals surface area contributed by atoms with Gasteiger partial charge in [-0.25, -0.2) is 4.39 Å². The Bertz CT molecular complexity index is 501. The average molecular weight is 251 g/mol. The van der Waals surface area contributed by atoms with Gasteiger partial charge in [0.1, 0.15) is 11.7 Å². The number of fused-ring (bicyclic) bond motifs is 1. The third kappa shape index (κ3) is 2.20. The van der Waals surface area contributed by atoms with Crippen molar-refractivity contribution in [2.24, 2.45) is 5.92 Å². The molecule has 0 spiro atoms. The lowest BCUT2D eigenvalue weighted by Gasteiger charge is -2.30. The molecule has 1 unspecified atom stereocenters. The van der Waals surface area contributed by atoms with Crippen LogP contribution in [0.2, 0.25) is 0 Å². The van der Waals surface area contributed by atoms with E-state index in [-0.39, 0.29) is 12.4 Å². The van der Waals surface area contributed by atoms with E-state index in [1.807, 2.05) is 6.07 Å². The maximum absolute atomic E-state index is 13.6. The number of carbonyl (C=O) groups excluding carboxylic acids is 1. The van der Waals surface area contributed by atoms with E-state index < -0.39 is 17.8 Å². The summed E-state index contributed by atoms with van der Waals surface area (Å²) in [4.78, 5) is 24.1. The number of nitrogens with zero attached hydrogens (tertiary/aromatic N) is 1. The summed E-state index contributed by atoms with van der Waals surface area (Å²) in [5.74, 6) is -3.04. The second-order valence-corrected chi connectivity index (χ2v) is 4.45. The van der Waals surface area contributed by atoms with Crippen LogP contribution in [0.25, 0.3) is 0 Å². The summed E-state index contributed by atoms with van der Waals surface area (Å²) in [7, 11) is 0. The van der Waals surface area contributed by atoms with E-state index in [4.69, 9.17) is 5.11 Å². The minimum Gasteiger partial charge on any atom is -0.481 e. The number of hydrogen-bond acceptors (Lipinski definition) is 2. The van der Waals surface area contributed by atoms with Gasteiger partial charge in [0.2, 0.25) is 5.91 Å². The van der Waals surface area contributed by atoms with E-state index in [0.29, 0.717) is 18.5 Å². The van der Waals surface area contributed by atoms with Crippen molar-refractivity contribution < 1.29 is 19.1 Å². The summed E-state index contributed by atoms with van der Waals surface area (Å²) in [5.41, 5.74) is 1.39. The van der Waals surface area contributed by atoms with Crippen LogP contribution in [0.4, 0.5) is 4.39 Å². The number of carbonyl (C=O) groups is 2. The molecular formula is C13H14FNO3. The van der Waals surface area contributed by atoms with Gasteiger partial charge in [-0.15, -0.1) is 0 Å². The van der Waals surface area contributed by atoms with Gasteiger partial charge in [0.05, 0.1) is 0 Å². The van der Waals surface area contributed by atoms with Crippen molar-refractivity contribution >= 4 is 11.9 Å². The smallest absolute Gasteiger partial charge is 0.315 e. The van der Waals surface area contributed by atoms with Gasteiger partial charge in [0.25, 0.3) is 0 Å². The van der Waals surface area contributed by atoms with Crippen molar-refractivity contribution in [3.63, 3.8) is 0 Å². The van der Waals surface area contributed by atoms with Gasteiger partial charge >= 0.3 is 5.97 Å². The van der Waals surface area contributed by atoms with Crippen molar-refractivity contribution in [1.82, 2.24) is 4.90 Å². The second kappa shape index (κ2) is 4.76. The molecular weight excluding hydrogens is 237 g/mol. The Kier molecular flexibility index (Phi) is 3.32. The lowest BCUT2D eigenvalue weighted by Crippen LogP contribution is -2.41. The Hall–Kier alpha value is -1.91. The standard InChI is InChI=1S/C13H14FNO3/c1-8(13(17)18)12(16)15-6-5-9-3-2-4-11(14)10(9)7-15/h2-4,8H,5-7H2,1H3,(H,17,18). The molecule has 1 N–H and O–H groups in total. The summed E-state index contributed by atoms with van der Waals surface area (Å²) in [5, 5.41) is 8.81. The first-order chi connectivity index (χ1) is 8.50. The summed E-state index contributed by atoms with van der Waals surface area (Å²) in [6.45, 7) is 1.94. The van der Waals surface area contributed by atoms with Gasteiger partial charge < -0.3 is 10.0 Å². The lowest BCUT2D eigenvalue weighted by atomic mass is 9.98. The average Bonchev–Trinajstić information content (AvgIpc) is 2.37. The zero-order valence-electron chi connectivity index (χ0n) is 10.0. The number of rotatable bonds is 2. The van der Waals surface area contributed by atoms with Crippen molar-refractivity contribution in [2.75, 3.05) is 6.54 Å². The molecule has 1 atom stereocenters. The van der Waals surface area contributed by atoms with Gasteiger partial charge in [-0.1, -0.05) is 12.1 Å². The highest BCUT2D eigenvalue weighted by Gasteiger charge is 2.29. The minimum atomic E-state index is -1.15. The van der Waals surface area contributed by atoms with Crippen LogP contribution in [0.15, 0.2) is 18.2 Å². The fourth-order valence-electron chi connectivity index (χ4n) is 2.11. The Morgan fingerprint density at radius 3 is 2.83 bits per heavy atom. The molecule has 1 aromatic rings. The predicted octanol–water partition coefficient (Wildman–Crippen LogP) is 1.43. The maximum Gasteiger partial charge on any atom is 0.315 e. The molecule has 4 nitrogen and oxygen atoms in total. The van der Waals surface area contributed by atoms with Crippen LogP contribution in [0.1, 0.15) is 18.1 Å². The van der Waals surface area contributed by atoms with Crippen molar-refractivity contribution in [2.45, 2.75) is 19.9 Å². The van der Waals surface area contributed by atoms with Crippen LogP contribution in [-0.2, 0) is 22.6 Å². The molecule has 96 valence electrons. The van der Waals surface area contributed by atoms with Crippen LogP contribution >= 0.6 is 0 Å². The third-order valence-corrected chi connectivity index (χ3v) is 3.27. The molecule has 0 fully saturated rings. The fraction of sp³-hybridized carbons (Fsp3) is 0.385. The molecule has 0 saturated carbocycles. The molecule has 1 aliphatic heterocycles. The first kappa shape index (κ1) is 12.5. The fourth-order valence-corrected chi connectivity index (χ4v) is 2.11. The monoisotopic (exact) mass is 251 g/mol. The van der Waals surface area contributed by atoms with E-state index >= 15 is 0 Å². The first-order valence-electron chi connectivity index (χ1n) is 5.78. The van der Waals surface area contributed by atoms with Gasteiger partial charge in [-0.3, -0.25) is 9.59 Å². The summed E-state index contributed by atoms with van der Waals surface area (Å²) in [6, 6.07) is 4.83. The predicted molar refractivity (Wildman–Crippen MR) is 62.3 cm³/mol. The molecule has 1 aromatic carbocycles. The molecule has 0 aromatic heterocycles. The van der Waals surface area contributed by atoms with Crippen LogP contribution in [0, 0.1) is 11.7 Å². The molecule has 2 rings (SSSR count). The molecule has 1 amide bonds. The number of benzene rings is 1. The van der Waals surface area contributed by atoms with Crippen molar-refractivity contribution in [1.29, 1.82) is 0 Å². The molecule has 0 bridgehead atoms. The second-order valence-electron chi connectivity index (χ2n) is 4.45. The first-order valence-corrected chi connectivity index (χ1v) is 5.78. The van der Waals surface area contributed by atoms with E-state index in [1.54, 1.807) is 6.07 Å². The lowest BCUT2D eigenvalue weighted by molar-refractivity contribution is -0.150. The normalized spacial score (nSPS) is 16.0. The van der Waals surface area contributed by atoms with Crippen LogP contribution in [0.3, 0.4) is 0 Å². The van der Waals surface area contributed by atoms with Crippen LogP contribution in [-0.4, -0.2) is 28.4 Å². The largest absolute Gasteiger partial charge is 0.481 e. The van der Waals surface area contributed by atoms with Crippen molar-refractivity contribution in [3.05, 3.63) is 35.1 Å². The zero-order valence-corrected chi connectivity index (χ0v) is 10.0. The summed E-state index contributed by atoms with van der Waals surface area (Å²) in [6.07, 6.45) is 0.561. The molecule has 0 aliphatic carbocycles. The molecule has 1 heterocycles. The molecule has 18 heavy (non-hydrogen) atoms. The third-order valence-electron chi connectivity index (χ3n) is 3.27. The number of carboxylic acids is 1. The van der Waals surface area contributed by atoms with Gasteiger partial charge in [0.15, 0.2) is 0 Å². The molecule has 0 radical (unpaired) electrons. The highest BCUT2D eigenvalue weighted by atomic mass is 19.1. The zero-order chi connectivity index (χ0) is 13.3. The number of hydrogen-bond donors (Lipinski definition) is 1. The quantitative estimate of drug-likeness (QED) is 0.809. The van der Waals surface area contributed by atoms with E-state index in [1.165, 1.54) is 17.9 Å². The molecule has 0 saturated heterocycles. The van der Waals surface area contributed by atoms with Gasteiger partial charge in [-0.05, 0) is 25.0 Å². The van der Waals surface area contributed by atoms with Crippen molar-refractivity contribution in [3.8, 4) is 0 Å². The Balaban J connectivity index is 2.19. The topological polar surface area (TPSA) is 57.6 Å². The Morgan fingerprint density at radius 1 is 1.44 bits per heavy atom. The number of aliphatic carboxylic acids is 1. The van der Waals surface area contributed by atoms with E-state index in [9.17, 15) is 14.0 Å². The Labute approximate surface area is 104 Å². The maximum atomic E-state index is 13.6. The van der Waals surface area contributed by atoms with Crippen LogP contribution in [0.5, 0.6) is 0 Å². The van der Waals surface area contributed by atoms with E-state index in [2.05, 4.69) is 0 Å². The summed E-state index contributed by atoms with van der Waals surface area (Å²) < 4.78 is 13.6. The Morgan fingerprint density at radius 2 is 2.17 bits per heavy atom. The molecule has 1 aliphatic rings. The van der Waals surface area contributed by atoms with Crippen LogP contribution < -0.4 is 0 Å². The molecule has 5 heteroatoms. The SMILES string of the molecule is CC(C(=O)O)C(=O)N1CCc2cccc(F)c2C1. The number of carboxylic acid groups (broad SMARTS) is 1. The highest BCUT2D eigenvalue weighted by Crippen LogP contribution is 2.22.